The van der Waals surface area contributed by atoms with E-state index in [-0.39, 0.29) is 41.9 Å². The van der Waals surface area contributed by atoms with Crippen LogP contribution in [0.4, 0.5) is 10.1 Å². The summed E-state index contributed by atoms with van der Waals surface area (Å²) >= 11 is 0. The minimum Gasteiger partial charge on any atom is -0.483 e. The van der Waals surface area contributed by atoms with Gasteiger partial charge in [-0.3, -0.25) is 9.59 Å². The van der Waals surface area contributed by atoms with E-state index in [1.165, 1.54) is 12.1 Å². The van der Waals surface area contributed by atoms with Gasteiger partial charge in [0.05, 0.1) is 5.56 Å². The van der Waals surface area contributed by atoms with Gasteiger partial charge < -0.3 is 10.1 Å². The monoisotopic (exact) mass is 341 g/mol. The summed E-state index contributed by atoms with van der Waals surface area (Å²) in [6.07, 6.45) is 0.265. The van der Waals surface area contributed by atoms with E-state index in [0.29, 0.717) is 5.56 Å². The highest BCUT2D eigenvalue weighted by atomic mass is 19.1. The molecule has 3 rings (SSSR count). The number of hydrogen-bond donors (Lipinski definition) is 1. The predicted molar refractivity (Wildman–Crippen MR) is 93.8 cm³/mol. The number of halogens is 1. The zero-order chi connectivity index (χ0) is 18.1. The second-order valence-corrected chi connectivity index (χ2v) is 6.52. The fourth-order valence-corrected chi connectivity index (χ4v) is 3.15. The molecule has 0 spiro atoms. The lowest BCUT2D eigenvalue weighted by Gasteiger charge is -2.13. The zero-order valence-corrected chi connectivity index (χ0v) is 14.5. The van der Waals surface area contributed by atoms with Crippen molar-refractivity contribution in [2.75, 3.05) is 11.9 Å². The van der Waals surface area contributed by atoms with Crippen LogP contribution < -0.4 is 10.1 Å². The molecule has 0 radical (unpaired) electrons. The Balaban J connectivity index is 1.73. The largest absolute Gasteiger partial charge is 0.483 e. The van der Waals surface area contributed by atoms with E-state index < -0.39 is 5.82 Å². The van der Waals surface area contributed by atoms with Crippen molar-refractivity contribution in [2.24, 2.45) is 0 Å². The molecule has 0 saturated heterocycles. The maximum Gasteiger partial charge on any atom is 0.262 e. The third-order valence-electron chi connectivity index (χ3n) is 4.44. The van der Waals surface area contributed by atoms with Gasteiger partial charge in [-0.15, -0.1) is 0 Å². The number of nitrogens with one attached hydrogen (secondary N) is 1. The minimum atomic E-state index is -0.402. The lowest BCUT2D eigenvalue weighted by atomic mass is 10.0. The molecule has 5 heteroatoms. The number of fused-ring (bicyclic) bond motifs is 1. The highest BCUT2D eigenvalue weighted by Gasteiger charge is 2.32. The molecule has 130 valence electrons. The van der Waals surface area contributed by atoms with E-state index in [9.17, 15) is 14.0 Å². The normalized spacial score (nSPS) is 15.8. The van der Waals surface area contributed by atoms with Crippen molar-refractivity contribution in [3.63, 3.8) is 0 Å². The van der Waals surface area contributed by atoms with Crippen LogP contribution in [0, 0.1) is 19.7 Å². The number of carbonyl (C=O) groups excluding carboxylic acids is 2. The van der Waals surface area contributed by atoms with Gasteiger partial charge in [0, 0.05) is 17.7 Å². The number of amides is 1. The Morgan fingerprint density at radius 2 is 2.04 bits per heavy atom. The Bertz CT molecular complexity index is 860. The summed E-state index contributed by atoms with van der Waals surface area (Å²) in [7, 11) is 0. The van der Waals surface area contributed by atoms with Gasteiger partial charge in [-0.05, 0) is 49.1 Å². The smallest absolute Gasteiger partial charge is 0.262 e. The van der Waals surface area contributed by atoms with E-state index in [4.69, 9.17) is 4.74 Å². The first kappa shape index (κ1) is 17.1. The molecule has 0 saturated carbocycles. The molecule has 4 nitrogen and oxygen atoms in total. The molecular weight excluding hydrogens is 321 g/mol. The van der Waals surface area contributed by atoms with Crippen LogP contribution in [-0.4, -0.2) is 18.3 Å². The van der Waals surface area contributed by atoms with Crippen LogP contribution in [0.2, 0.25) is 0 Å². The van der Waals surface area contributed by atoms with Crippen molar-refractivity contribution in [1.82, 2.24) is 0 Å². The van der Waals surface area contributed by atoms with Crippen LogP contribution in [0.5, 0.6) is 5.75 Å². The molecule has 2 aromatic carbocycles. The van der Waals surface area contributed by atoms with Crippen LogP contribution in [0.1, 0.15) is 46.3 Å². The van der Waals surface area contributed by atoms with E-state index in [1.807, 2.05) is 39.0 Å². The van der Waals surface area contributed by atoms with Gasteiger partial charge in [-0.25, -0.2) is 4.39 Å². The SMILES string of the molecule is Cc1ccc(C)c(NC(=O)COc2ccc(F)c3c2C(=O)C[C@H]3C)c1. The molecule has 25 heavy (non-hydrogen) atoms. The molecule has 1 atom stereocenters. The van der Waals surface area contributed by atoms with Gasteiger partial charge in [0.15, 0.2) is 12.4 Å². The van der Waals surface area contributed by atoms with Crippen molar-refractivity contribution in [3.05, 3.63) is 58.4 Å². The summed E-state index contributed by atoms with van der Waals surface area (Å²) in [6.45, 7) is 5.42. The second kappa shape index (κ2) is 6.67. The summed E-state index contributed by atoms with van der Waals surface area (Å²) < 4.78 is 19.5. The number of benzene rings is 2. The highest BCUT2D eigenvalue weighted by Crippen LogP contribution is 2.39. The standard InChI is InChI=1S/C20H20FNO3/c1-11-4-5-12(2)15(8-11)22-18(24)10-25-17-7-6-14(21)19-13(3)9-16(23)20(17)19/h4-8,13H,9-10H2,1-3H3,(H,22,24)/t13-/m1/s1. The van der Waals surface area contributed by atoms with E-state index in [0.717, 1.165) is 16.8 Å². The van der Waals surface area contributed by atoms with Gasteiger partial charge in [-0.2, -0.15) is 0 Å². The second-order valence-electron chi connectivity index (χ2n) is 6.52. The van der Waals surface area contributed by atoms with Gasteiger partial charge in [-0.1, -0.05) is 19.1 Å². The first-order valence-electron chi connectivity index (χ1n) is 8.22. The third-order valence-corrected chi connectivity index (χ3v) is 4.44. The van der Waals surface area contributed by atoms with Crippen LogP contribution in [0.25, 0.3) is 0 Å². The summed E-state index contributed by atoms with van der Waals surface area (Å²) in [5.74, 6) is -0.783. The summed E-state index contributed by atoms with van der Waals surface area (Å²) in [5, 5.41) is 2.80. The van der Waals surface area contributed by atoms with Gasteiger partial charge in [0.2, 0.25) is 0 Å². The van der Waals surface area contributed by atoms with Crippen molar-refractivity contribution >= 4 is 17.4 Å². The summed E-state index contributed by atoms with van der Waals surface area (Å²) in [4.78, 5) is 24.3. The molecule has 0 heterocycles. The Morgan fingerprint density at radius 1 is 1.28 bits per heavy atom. The van der Waals surface area contributed by atoms with Crippen LogP contribution in [0.3, 0.4) is 0 Å². The molecular formula is C20H20FNO3. The molecule has 0 bridgehead atoms. The van der Waals surface area contributed by atoms with Crippen molar-refractivity contribution in [3.8, 4) is 5.75 Å². The number of ether oxygens (including phenoxy) is 1. The zero-order valence-electron chi connectivity index (χ0n) is 14.5. The van der Waals surface area contributed by atoms with Crippen molar-refractivity contribution in [1.29, 1.82) is 0 Å². The number of aryl methyl sites for hydroxylation is 2. The average Bonchev–Trinajstić information content (AvgIpc) is 2.86. The first-order valence-corrected chi connectivity index (χ1v) is 8.22. The van der Waals surface area contributed by atoms with Crippen molar-refractivity contribution < 1.29 is 18.7 Å². The number of Topliss-reactive ketones (excluding diaryl/α,β-unsaturated/α-hetero) is 1. The molecule has 1 aliphatic rings. The molecule has 0 aliphatic heterocycles. The quantitative estimate of drug-likeness (QED) is 0.909. The van der Waals surface area contributed by atoms with Gasteiger partial charge in [0.25, 0.3) is 5.91 Å². The Labute approximate surface area is 146 Å². The molecule has 1 N–H and O–H groups in total. The van der Waals surface area contributed by atoms with Gasteiger partial charge >= 0.3 is 0 Å². The fraction of sp³-hybridized carbons (Fsp3) is 0.300. The Morgan fingerprint density at radius 3 is 2.80 bits per heavy atom. The molecule has 0 aromatic heterocycles. The minimum absolute atomic E-state index is 0.146. The highest BCUT2D eigenvalue weighted by molar-refractivity contribution is 6.04. The van der Waals surface area contributed by atoms with E-state index in [1.54, 1.807) is 0 Å². The molecule has 0 unspecified atom stereocenters. The van der Waals surface area contributed by atoms with E-state index >= 15 is 0 Å². The fourth-order valence-electron chi connectivity index (χ4n) is 3.15. The lowest BCUT2D eigenvalue weighted by Crippen LogP contribution is -2.21. The Hall–Kier alpha value is -2.69. The molecule has 1 aliphatic carbocycles. The number of carbonyl (C=O) groups is 2. The number of hydrogen-bond acceptors (Lipinski definition) is 3. The van der Waals surface area contributed by atoms with Crippen molar-refractivity contribution in [2.45, 2.75) is 33.1 Å². The number of rotatable bonds is 4. The maximum atomic E-state index is 14.0. The molecule has 0 fully saturated rings. The summed E-state index contributed by atoms with van der Waals surface area (Å²) in [6, 6.07) is 8.48. The number of ketones is 1. The summed E-state index contributed by atoms with van der Waals surface area (Å²) in [5.41, 5.74) is 3.37. The first-order chi connectivity index (χ1) is 11.9. The average molecular weight is 341 g/mol. The van der Waals surface area contributed by atoms with Crippen LogP contribution >= 0.6 is 0 Å². The lowest BCUT2D eigenvalue weighted by molar-refractivity contribution is -0.118. The topological polar surface area (TPSA) is 55.4 Å². The number of anilines is 1. The van der Waals surface area contributed by atoms with E-state index in [2.05, 4.69) is 5.32 Å². The predicted octanol–water partition coefficient (Wildman–Crippen LogP) is 4.15. The van der Waals surface area contributed by atoms with Crippen LogP contribution in [0.15, 0.2) is 30.3 Å². The van der Waals surface area contributed by atoms with Crippen LogP contribution in [-0.2, 0) is 4.79 Å². The Kier molecular flexibility index (Phi) is 4.57. The van der Waals surface area contributed by atoms with Gasteiger partial charge in [0.1, 0.15) is 11.6 Å². The molecule has 2 aromatic rings. The maximum absolute atomic E-state index is 14.0. The third kappa shape index (κ3) is 3.40. The molecule has 1 amide bonds.